The van der Waals surface area contributed by atoms with Crippen molar-refractivity contribution in [3.8, 4) is 0 Å². The van der Waals surface area contributed by atoms with Crippen molar-refractivity contribution >= 4 is 11.9 Å². The lowest BCUT2D eigenvalue weighted by molar-refractivity contribution is 0.0607. The van der Waals surface area contributed by atoms with E-state index in [2.05, 4.69) is 36.1 Å². The fourth-order valence-corrected chi connectivity index (χ4v) is 2.68. The number of carbonyl (C=O) groups excluding carboxylic acids is 1. The first-order valence-corrected chi connectivity index (χ1v) is 7.98. The minimum Gasteiger partial charge on any atom is -0.354 e. The van der Waals surface area contributed by atoms with Crippen molar-refractivity contribution in [1.82, 2.24) is 14.9 Å². The molecule has 0 aromatic carbocycles. The fourth-order valence-electron chi connectivity index (χ4n) is 2.68. The van der Waals surface area contributed by atoms with E-state index in [1.165, 1.54) is 6.42 Å². The molecular weight excluding hydrogens is 264 g/mol. The predicted molar refractivity (Wildman–Crippen MR) is 84.3 cm³/mol. The molecule has 2 rings (SSSR count). The Morgan fingerprint density at radius 3 is 2.71 bits per heavy atom. The number of nitrogens with zero attached hydrogens (tertiary/aromatic N) is 3. The van der Waals surface area contributed by atoms with Gasteiger partial charge < -0.3 is 10.2 Å². The Morgan fingerprint density at radius 1 is 1.38 bits per heavy atom. The highest BCUT2D eigenvalue weighted by atomic mass is 16.2. The summed E-state index contributed by atoms with van der Waals surface area (Å²) in [5.74, 6) is 1.19. The minimum absolute atomic E-state index is 0.0666. The van der Waals surface area contributed by atoms with Gasteiger partial charge in [0, 0.05) is 31.5 Å². The average Bonchev–Trinajstić information content (AvgIpc) is 2.52. The third-order valence-corrected chi connectivity index (χ3v) is 3.93. The summed E-state index contributed by atoms with van der Waals surface area (Å²) in [6.45, 7) is 8.09. The van der Waals surface area contributed by atoms with E-state index in [4.69, 9.17) is 0 Å². The van der Waals surface area contributed by atoms with Gasteiger partial charge >= 0.3 is 0 Å². The van der Waals surface area contributed by atoms with Crippen molar-refractivity contribution in [3.63, 3.8) is 0 Å². The third-order valence-electron chi connectivity index (χ3n) is 3.93. The molecule has 1 atom stereocenters. The molecule has 1 fully saturated rings. The number of carbonyl (C=O) groups is 1. The molecule has 2 heterocycles. The number of nitrogens with one attached hydrogen (secondary N) is 1. The molecule has 1 aliphatic rings. The van der Waals surface area contributed by atoms with E-state index in [-0.39, 0.29) is 5.91 Å². The van der Waals surface area contributed by atoms with Gasteiger partial charge in [0.2, 0.25) is 5.95 Å². The molecule has 1 amide bonds. The van der Waals surface area contributed by atoms with Crippen LogP contribution in [0.1, 0.15) is 56.8 Å². The van der Waals surface area contributed by atoms with Gasteiger partial charge in [-0.2, -0.15) is 0 Å². The third kappa shape index (κ3) is 4.16. The first-order valence-electron chi connectivity index (χ1n) is 7.98. The van der Waals surface area contributed by atoms with Crippen molar-refractivity contribution in [2.45, 2.75) is 52.5 Å². The summed E-state index contributed by atoms with van der Waals surface area (Å²) in [6, 6.07) is 0.366. The highest BCUT2D eigenvalue weighted by Gasteiger charge is 2.26. The first-order chi connectivity index (χ1) is 10.1. The van der Waals surface area contributed by atoms with Crippen LogP contribution in [0.4, 0.5) is 5.95 Å². The molecule has 21 heavy (non-hydrogen) atoms. The second kappa shape index (κ2) is 7.38. The number of rotatable bonds is 5. The highest BCUT2D eigenvalue weighted by molar-refractivity contribution is 5.94. The van der Waals surface area contributed by atoms with E-state index in [0.717, 1.165) is 32.4 Å². The van der Waals surface area contributed by atoms with E-state index < -0.39 is 0 Å². The lowest BCUT2D eigenvalue weighted by Crippen LogP contribution is -2.43. The van der Waals surface area contributed by atoms with Crippen LogP contribution in [-0.2, 0) is 0 Å². The second-order valence-electron chi connectivity index (χ2n) is 6.13. The Kier molecular flexibility index (Phi) is 5.53. The molecule has 1 saturated heterocycles. The number of likely N-dealkylation sites (tertiary alicyclic amines) is 1. The number of hydrogen-bond acceptors (Lipinski definition) is 4. The van der Waals surface area contributed by atoms with Crippen LogP contribution in [0.5, 0.6) is 0 Å². The molecule has 0 aliphatic carbocycles. The molecule has 0 spiro atoms. The van der Waals surface area contributed by atoms with E-state index >= 15 is 0 Å². The molecule has 0 radical (unpaired) electrons. The Labute approximate surface area is 127 Å². The number of hydrogen-bond donors (Lipinski definition) is 1. The number of amides is 1. The Balaban J connectivity index is 2.01. The van der Waals surface area contributed by atoms with Gasteiger partial charge in [-0.1, -0.05) is 20.8 Å². The zero-order valence-corrected chi connectivity index (χ0v) is 13.3. The maximum absolute atomic E-state index is 12.6. The average molecular weight is 290 g/mol. The normalized spacial score (nSPS) is 18.9. The van der Waals surface area contributed by atoms with Crippen LogP contribution in [0.2, 0.25) is 0 Å². The molecule has 1 aliphatic heterocycles. The van der Waals surface area contributed by atoms with Crippen molar-refractivity contribution in [1.29, 1.82) is 0 Å². The fraction of sp³-hybridized carbons (Fsp3) is 0.688. The zero-order chi connectivity index (χ0) is 15.2. The van der Waals surface area contributed by atoms with Gasteiger partial charge in [-0.05, 0) is 31.6 Å². The smallest absolute Gasteiger partial charge is 0.257 e. The quantitative estimate of drug-likeness (QED) is 0.906. The molecule has 5 heteroatoms. The molecular formula is C16H26N4O. The summed E-state index contributed by atoms with van der Waals surface area (Å²) < 4.78 is 0. The van der Waals surface area contributed by atoms with Gasteiger partial charge in [-0.15, -0.1) is 0 Å². The Morgan fingerprint density at radius 2 is 2.10 bits per heavy atom. The lowest BCUT2D eigenvalue weighted by atomic mass is 9.99. The standard InChI is InChI=1S/C16H26N4O/c1-4-14-7-5-6-8-20(14)15(21)13-10-18-16(19-11-13)17-9-12(2)3/h10-12,14H,4-9H2,1-3H3,(H,17,18,19). The van der Waals surface area contributed by atoms with Crippen LogP contribution >= 0.6 is 0 Å². The van der Waals surface area contributed by atoms with Gasteiger partial charge in [0.25, 0.3) is 5.91 Å². The van der Waals surface area contributed by atoms with Crippen molar-refractivity contribution < 1.29 is 4.79 Å². The van der Waals surface area contributed by atoms with Gasteiger partial charge in [-0.25, -0.2) is 9.97 Å². The topological polar surface area (TPSA) is 58.1 Å². The largest absolute Gasteiger partial charge is 0.354 e. The molecule has 1 unspecified atom stereocenters. The molecule has 5 nitrogen and oxygen atoms in total. The highest BCUT2D eigenvalue weighted by Crippen LogP contribution is 2.21. The van der Waals surface area contributed by atoms with Crippen LogP contribution in [0.15, 0.2) is 12.4 Å². The van der Waals surface area contributed by atoms with Crippen LogP contribution in [0, 0.1) is 5.92 Å². The Bertz CT molecular complexity index is 458. The lowest BCUT2D eigenvalue weighted by Gasteiger charge is -2.35. The van der Waals surface area contributed by atoms with Crippen LogP contribution < -0.4 is 5.32 Å². The second-order valence-corrected chi connectivity index (χ2v) is 6.13. The van der Waals surface area contributed by atoms with Crippen LogP contribution in [0.25, 0.3) is 0 Å². The molecule has 0 saturated carbocycles. The SMILES string of the molecule is CCC1CCCCN1C(=O)c1cnc(NCC(C)C)nc1. The van der Waals surface area contributed by atoms with E-state index in [9.17, 15) is 4.79 Å². The number of anilines is 1. The number of aromatic nitrogens is 2. The van der Waals surface area contributed by atoms with Gasteiger partial charge in [0.05, 0.1) is 5.56 Å². The van der Waals surface area contributed by atoms with E-state index in [1.807, 2.05) is 4.90 Å². The monoisotopic (exact) mass is 290 g/mol. The zero-order valence-electron chi connectivity index (χ0n) is 13.3. The first kappa shape index (κ1) is 15.7. The van der Waals surface area contributed by atoms with Crippen molar-refractivity contribution in [3.05, 3.63) is 18.0 Å². The Hall–Kier alpha value is -1.65. The van der Waals surface area contributed by atoms with Gasteiger partial charge in [0.1, 0.15) is 0 Å². The van der Waals surface area contributed by atoms with E-state index in [1.54, 1.807) is 12.4 Å². The minimum atomic E-state index is 0.0666. The summed E-state index contributed by atoms with van der Waals surface area (Å²) in [7, 11) is 0. The molecule has 1 aromatic rings. The van der Waals surface area contributed by atoms with Crippen LogP contribution in [0.3, 0.4) is 0 Å². The number of piperidine rings is 1. The van der Waals surface area contributed by atoms with Crippen LogP contribution in [-0.4, -0.2) is 39.9 Å². The van der Waals surface area contributed by atoms with E-state index in [0.29, 0.717) is 23.5 Å². The summed E-state index contributed by atoms with van der Waals surface area (Å²) in [5.41, 5.74) is 0.588. The van der Waals surface area contributed by atoms with Crippen molar-refractivity contribution in [2.75, 3.05) is 18.4 Å². The van der Waals surface area contributed by atoms with Gasteiger partial charge in [0.15, 0.2) is 0 Å². The summed E-state index contributed by atoms with van der Waals surface area (Å²) in [5, 5.41) is 3.16. The molecule has 0 bridgehead atoms. The van der Waals surface area contributed by atoms with Crippen molar-refractivity contribution in [2.24, 2.45) is 5.92 Å². The maximum atomic E-state index is 12.6. The van der Waals surface area contributed by atoms with Gasteiger partial charge in [-0.3, -0.25) is 4.79 Å². The molecule has 1 N–H and O–H groups in total. The summed E-state index contributed by atoms with van der Waals surface area (Å²) in [4.78, 5) is 23.1. The summed E-state index contributed by atoms with van der Waals surface area (Å²) >= 11 is 0. The maximum Gasteiger partial charge on any atom is 0.257 e. The predicted octanol–water partition coefficient (Wildman–Crippen LogP) is 2.95. The summed E-state index contributed by atoms with van der Waals surface area (Å²) in [6.07, 6.45) is 7.71. The molecule has 116 valence electrons. The molecule has 1 aromatic heterocycles.